The van der Waals surface area contributed by atoms with Crippen LogP contribution in [-0.2, 0) is 10.5 Å². The number of carbonyl (C=O) groups is 1. The molecule has 1 heterocycles. The molecule has 0 unspecified atom stereocenters. The lowest BCUT2D eigenvalue weighted by Gasteiger charge is -2.11. The number of hydrogen-bond donors (Lipinski definition) is 3. The van der Waals surface area contributed by atoms with Gasteiger partial charge in [-0.2, -0.15) is 15.0 Å². The number of aryl methyl sites for hydroxylation is 1. The van der Waals surface area contributed by atoms with Crippen LogP contribution in [0.5, 0.6) is 5.75 Å². The number of para-hydroxylation sites is 1. The van der Waals surface area contributed by atoms with Gasteiger partial charge in [0.25, 0.3) is 0 Å². The van der Waals surface area contributed by atoms with Gasteiger partial charge >= 0.3 is 0 Å². The Morgan fingerprint density at radius 2 is 1.93 bits per heavy atom. The number of rotatable bonds is 8. The van der Waals surface area contributed by atoms with Gasteiger partial charge in [-0.15, -0.1) is 11.8 Å². The summed E-state index contributed by atoms with van der Waals surface area (Å²) in [4.78, 5) is 24.9. The minimum atomic E-state index is -0.136. The first-order valence-electron chi connectivity index (χ1n) is 8.88. The van der Waals surface area contributed by atoms with Crippen molar-refractivity contribution in [3.63, 3.8) is 0 Å². The molecule has 0 aliphatic rings. The third kappa shape index (κ3) is 6.08. The Labute approximate surface area is 173 Å². The number of nitrogens with zero attached hydrogens (tertiary/aromatic N) is 3. The summed E-state index contributed by atoms with van der Waals surface area (Å²) in [6, 6.07) is 15.2. The van der Waals surface area contributed by atoms with Crippen LogP contribution in [0.4, 0.5) is 23.3 Å². The zero-order chi connectivity index (χ0) is 20.6. The van der Waals surface area contributed by atoms with E-state index in [1.807, 2.05) is 55.5 Å². The van der Waals surface area contributed by atoms with Crippen LogP contribution in [0.25, 0.3) is 0 Å². The number of aromatic nitrogens is 3. The van der Waals surface area contributed by atoms with E-state index in [-0.39, 0.29) is 17.6 Å². The lowest BCUT2D eigenvalue weighted by molar-refractivity contribution is -0.113. The fourth-order valence-electron chi connectivity index (χ4n) is 2.55. The summed E-state index contributed by atoms with van der Waals surface area (Å²) in [6.07, 6.45) is 0. The molecule has 150 valence electrons. The monoisotopic (exact) mass is 410 g/mol. The van der Waals surface area contributed by atoms with E-state index in [0.29, 0.717) is 29.0 Å². The SMILES string of the molecule is COc1ccc(C)cc1NC(=O)CSCc1nc(N)nc(Nc2ccccc2)n1. The predicted octanol–water partition coefficient (Wildman–Crippen LogP) is 3.39. The number of anilines is 4. The van der Waals surface area contributed by atoms with E-state index >= 15 is 0 Å². The number of hydrogen-bond acceptors (Lipinski definition) is 8. The molecule has 8 nitrogen and oxygen atoms in total. The van der Waals surface area contributed by atoms with Crippen LogP contribution in [0.15, 0.2) is 48.5 Å². The molecule has 2 aromatic carbocycles. The minimum Gasteiger partial charge on any atom is -0.495 e. The van der Waals surface area contributed by atoms with Crippen molar-refractivity contribution >= 4 is 40.9 Å². The fraction of sp³-hybridized carbons (Fsp3) is 0.200. The van der Waals surface area contributed by atoms with E-state index in [1.165, 1.54) is 11.8 Å². The highest BCUT2D eigenvalue weighted by Crippen LogP contribution is 2.25. The molecule has 3 rings (SSSR count). The molecule has 1 aromatic heterocycles. The van der Waals surface area contributed by atoms with Crippen LogP contribution >= 0.6 is 11.8 Å². The normalized spacial score (nSPS) is 10.4. The number of amides is 1. The number of carbonyl (C=O) groups excluding carboxylic acids is 1. The minimum absolute atomic E-state index is 0.128. The van der Waals surface area contributed by atoms with E-state index in [4.69, 9.17) is 10.5 Å². The van der Waals surface area contributed by atoms with Crippen molar-refractivity contribution in [1.82, 2.24) is 15.0 Å². The maximum Gasteiger partial charge on any atom is 0.234 e. The van der Waals surface area contributed by atoms with Crippen LogP contribution in [0, 0.1) is 6.92 Å². The van der Waals surface area contributed by atoms with Gasteiger partial charge in [0.05, 0.1) is 24.3 Å². The van der Waals surface area contributed by atoms with Crippen molar-refractivity contribution in [3.8, 4) is 5.75 Å². The summed E-state index contributed by atoms with van der Waals surface area (Å²) in [5.74, 6) is 2.15. The number of methoxy groups -OCH3 is 1. The number of nitrogens with two attached hydrogens (primary N) is 1. The summed E-state index contributed by atoms with van der Waals surface area (Å²) < 4.78 is 5.28. The van der Waals surface area contributed by atoms with E-state index in [2.05, 4.69) is 25.6 Å². The average molecular weight is 411 g/mol. The first-order valence-corrected chi connectivity index (χ1v) is 10.0. The number of nitrogens with one attached hydrogen (secondary N) is 2. The van der Waals surface area contributed by atoms with Gasteiger partial charge in [-0.25, -0.2) is 0 Å². The van der Waals surface area contributed by atoms with E-state index in [1.54, 1.807) is 7.11 Å². The Bertz CT molecular complexity index is 984. The van der Waals surface area contributed by atoms with E-state index in [0.717, 1.165) is 11.3 Å². The molecule has 0 saturated heterocycles. The summed E-state index contributed by atoms with van der Waals surface area (Å²) >= 11 is 1.39. The van der Waals surface area contributed by atoms with Crippen molar-refractivity contribution in [1.29, 1.82) is 0 Å². The molecule has 0 bridgehead atoms. The molecule has 4 N–H and O–H groups in total. The zero-order valence-electron chi connectivity index (χ0n) is 16.2. The highest BCUT2D eigenvalue weighted by atomic mass is 32.2. The Morgan fingerprint density at radius 1 is 1.14 bits per heavy atom. The number of nitrogen functional groups attached to an aromatic ring is 1. The van der Waals surface area contributed by atoms with Crippen molar-refractivity contribution in [2.45, 2.75) is 12.7 Å². The van der Waals surface area contributed by atoms with Gasteiger partial charge in [0.1, 0.15) is 11.6 Å². The molecule has 1 amide bonds. The summed E-state index contributed by atoms with van der Waals surface area (Å²) in [7, 11) is 1.57. The van der Waals surface area contributed by atoms with Gasteiger partial charge in [0, 0.05) is 5.69 Å². The van der Waals surface area contributed by atoms with Crippen LogP contribution in [-0.4, -0.2) is 33.7 Å². The molecular formula is C20H22N6O2S. The first-order chi connectivity index (χ1) is 14.0. The maximum atomic E-state index is 12.3. The number of benzene rings is 2. The third-order valence-electron chi connectivity index (χ3n) is 3.82. The fourth-order valence-corrected chi connectivity index (χ4v) is 3.22. The standard InChI is InChI=1S/C20H22N6O2S/c1-13-8-9-16(28-2)15(10-13)23-18(27)12-29-11-17-24-19(21)26-20(25-17)22-14-6-4-3-5-7-14/h3-10H,11-12H2,1-2H3,(H,23,27)(H3,21,22,24,25,26). The Hall–Kier alpha value is -3.33. The molecule has 0 saturated carbocycles. The molecule has 9 heteroatoms. The number of ether oxygens (including phenoxy) is 1. The molecular weight excluding hydrogens is 388 g/mol. The molecule has 0 radical (unpaired) electrons. The van der Waals surface area contributed by atoms with Gasteiger partial charge in [-0.3, -0.25) is 4.79 Å². The molecule has 0 spiro atoms. The van der Waals surface area contributed by atoms with E-state index in [9.17, 15) is 4.79 Å². The zero-order valence-corrected chi connectivity index (χ0v) is 17.0. The van der Waals surface area contributed by atoms with Gasteiger partial charge in [-0.1, -0.05) is 24.3 Å². The van der Waals surface area contributed by atoms with Crippen molar-refractivity contribution in [2.24, 2.45) is 0 Å². The Balaban J connectivity index is 1.56. The van der Waals surface area contributed by atoms with Gasteiger partial charge in [0.15, 0.2) is 0 Å². The lowest BCUT2D eigenvalue weighted by Crippen LogP contribution is -2.15. The average Bonchev–Trinajstić information content (AvgIpc) is 2.68. The second-order valence-corrected chi connectivity index (χ2v) is 7.15. The summed E-state index contributed by atoms with van der Waals surface area (Å²) in [5, 5.41) is 5.96. The van der Waals surface area contributed by atoms with Crippen molar-refractivity contribution in [2.75, 3.05) is 29.2 Å². The second kappa shape index (κ2) is 9.74. The summed E-state index contributed by atoms with van der Waals surface area (Å²) in [6.45, 7) is 1.95. The smallest absolute Gasteiger partial charge is 0.234 e. The van der Waals surface area contributed by atoms with Crippen LogP contribution in [0.3, 0.4) is 0 Å². The molecule has 0 fully saturated rings. The van der Waals surface area contributed by atoms with Crippen molar-refractivity contribution in [3.05, 3.63) is 59.9 Å². The maximum absolute atomic E-state index is 12.3. The van der Waals surface area contributed by atoms with Gasteiger partial charge in [0.2, 0.25) is 17.8 Å². The second-order valence-electron chi connectivity index (χ2n) is 6.17. The topological polar surface area (TPSA) is 115 Å². The largest absolute Gasteiger partial charge is 0.495 e. The van der Waals surface area contributed by atoms with Crippen LogP contribution in [0.2, 0.25) is 0 Å². The molecule has 0 aliphatic heterocycles. The van der Waals surface area contributed by atoms with Crippen molar-refractivity contribution < 1.29 is 9.53 Å². The van der Waals surface area contributed by atoms with Gasteiger partial charge < -0.3 is 21.1 Å². The third-order valence-corrected chi connectivity index (χ3v) is 4.75. The highest BCUT2D eigenvalue weighted by Gasteiger charge is 2.10. The Morgan fingerprint density at radius 3 is 2.69 bits per heavy atom. The molecule has 3 aromatic rings. The lowest BCUT2D eigenvalue weighted by atomic mass is 10.2. The van der Waals surface area contributed by atoms with Crippen LogP contribution in [0.1, 0.15) is 11.4 Å². The first kappa shape index (κ1) is 20.4. The molecule has 0 aliphatic carbocycles. The molecule has 0 atom stereocenters. The van der Waals surface area contributed by atoms with Crippen LogP contribution < -0.4 is 21.1 Å². The Kier molecular flexibility index (Phi) is 6.85. The predicted molar refractivity (Wildman–Crippen MR) is 116 cm³/mol. The molecule has 29 heavy (non-hydrogen) atoms. The van der Waals surface area contributed by atoms with E-state index < -0.39 is 0 Å². The number of thioether (sulfide) groups is 1. The highest BCUT2D eigenvalue weighted by molar-refractivity contribution is 7.99. The quantitative estimate of drug-likeness (QED) is 0.518. The summed E-state index contributed by atoms with van der Waals surface area (Å²) in [5.41, 5.74) is 8.32. The van der Waals surface area contributed by atoms with Gasteiger partial charge in [-0.05, 0) is 36.8 Å².